The Balaban J connectivity index is 2.15. The summed E-state index contributed by atoms with van der Waals surface area (Å²) in [5.74, 6) is 0.775. The van der Waals surface area contributed by atoms with E-state index in [1.54, 1.807) is 0 Å². The second-order valence-electron chi connectivity index (χ2n) is 3.74. The molecule has 1 heterocycles. The number of hydrogen-bond acceptors (Lipinski definition) is 2. The quantitative estimate of drug-likeness (QED) is 0.553. The van der Waals surface area contributed by atoms with Crippen LogP contribution < -0.4 is 5.32 Å². The van der Waals surface area contributed by atoms with Gasteiger partial charge in [-0.1, -0.05) is 6.42 Å². The van der Waals surface area contributed by atoms with Crippen LogP contribution in [0.15, 0.2) is 0 Å². The van der Waals surface area contributed by atoms with E-state index in [9.17, 15) is 5.11 Å². The molecule has 58 valence electrons. The molecule has 2 atom stereocenters. The molecule has 0 amide bonds. The van der Waals surface area contributed by atoms with Crippen molar-refractivity contribution in [2.75, 3.05) is 19.7 Å². The fraction of sp³-hybridized carbons (Fsp3) is 1.00. The van der Waals surface area contributed by atoms with Gasteiger partial charge in [-0.3, -0.25) is 0 Å². The molecular formula is C8H15NO. The predicted molar refractivity (Wildman–Crippen MR) is 39.7 cm³/mol. The van der Waals surface area contributed by atoms with Crippen LogP contribution >= 0.6 is 0 Å². The zero-order valence-corrected chi connectivity index (χ0v) is 6.27. The van der Waals surface area contributed by atoms with E-state index in [-0.39, 0.29) is 0 Å². The molecule has 0 bridgehead atoms. The Morgan fingerprint density at radius 1 is 1.60 bits per heavy atom. The van der Waals surface area contributed by atoms with Crippen LogP contribution in [0.1, 0.15) is 19.3 Å². The second-order valence-corrected chi connectivity index (χ2v) is 3.74. The first-order valence-corrected chi connectivity index (χ1v) is 4.19. The molecule has 0 aromatic heterocycles. The highest BCUT2D eigenvalue weighted by atomic mass is 16.3. The smallest absolute Gasteiger partial charge is 0.0502 e. The third-order valence-electron chi connectivity index (χ3n) is 3.28. The molecular weight excluding hydrogens is 126 g/mol. The van der Waals surface area contributed by atoms with Crippen molar-refractivity contribution >= 4 is 0 Å². The number of nitrogens with one attached hydrogen (secondary N) is 1. The highest BCUT2D eigenvalue weighted by Gasteiger charge is 2.45. The SMILES string of the molecule is OC[C@]12CCC[C@@H]1CNC2. The monoisotopic (exact) mass is 141 g/mol. The summed E-state index contributed by atoms with van der Waals surface area (Å²) in [5.41, 5.74) is 0.292. The van der Waals surface area contributed by atoms with Crippen LogP contribution in [0.5, 0.6) is 0 Å². The minimum absolute atomic E-state index is 0.292. The predicted octanol–water partition coefficient (Wildman–Crippen LogP) is 0.368. The van der Waals surface area contributed by atoms with Gasteiger partial charge in [0, 0.05) is 12.0 Å². The molecule has 2 heteroatoms. The van der Waals surface area contributed by atoms with Crippen molar-refractivity contribution in [1.82, 2.24) is 5.32 Å². The lowest BCUT2D eigenvalue weighted by atomic mass is 9.82. The molecule has 0 radical (unpaired) electrons. The first-order valence-electron chi connectivity index (χ1n) is 4.19. The summed E-state index contributed by atoms with van der Waals surface area (Å²) in [7, 11) is 0. The third kappa shape index (κ3) is 0.722. The van der Waals surface area contributed by atoms with Crippen molar-refractivity contribution in [1.29, 1.82) is 0 Å². The summed E-state index contributed by atoms with van der Waals surface area (Å²) in [6.07, 6.45) is 3.89. The van der Waals surface area contributed by atoms with Crippen molar-refractivity contribution in [2.24, 2.45) is 11.3 Å². The van der Waals surface area contributed by atoms with Gasteiger partial charge >= 0.3 is 0 Å². The van der Waals surface area contributed by atoms with Crippen LogP contribution in [0.3, 0.4) is 0 Å². The molecule has 0 spiro atoms. The molecule has 0 unspecified atom stereocenters. The average Bonchev–Trinajstić information content (AvgIpc) is 2.42. The number of rotatable bonds is 1. The van der Waals surface area contributed by atoms with Gasteiger partial charge in [0.05, 0.1) is 6.61 Å². The maximum atomic E-state index is 9.19. The molecule has 2 N–H and O–H groups in total. The Labute approximate surface area is 61.6 Å². The van der Waals surface area contributed by atoms with Gasteiger partial charge in [-0.05, 0) is 25.3 Å². The van der Waals surface area contributed by atoms with Gasteiger partial charge in [-0.15, -0.1) is 0 Å². The lowest BCUT2D eigenvalue weighted by Crippen LogP contribution is -2.29. The van der Waals surface area contributed by atoms with Crippen molar-refractivity contribution in [3.05, 3.63) is 0 Å². The molecule has 1 saturated heterocycles. The topological polar surface area (TPSA) is 32.3 Å². The van der Waals surface area contributed by atoms with E-state index < -0.39 is 0 Å². The molecule has 1 aliphatic carbocycles. The summed E-state index contributed by atoms with van der Waals surface area (Å²) in [6.45, 7) is 2.58. The standard InChI is InChI=1S/C8H15NO/c10-6-8-3-1-2-7(8)4-9-5-8/h7,9-10H,1-6H2/t7-,8-/m1/s1. The van der Waals surface area contributed by atoms with Crippen molar-refractivity contribution < 1.29 is 5.11 Å². The van der Waals surface area contributed by atoms with Gasteiger partial charge < -0.3 is 10.4 Å². The lowest BCUT2D eigenvalue weighted by Gasteiger charge is -2.24. The molecule has 1 saturated carbocycles. The Kier molecular flexibility index (Phi) is 1.46. The van der Waals surface area contributed by atoms with Crippen LogP contribution in [0.4, 0.5) is 0 Å². The Hall–Kier alpha value is -0.0800. The minimum atomic E-state index is 0.292. The van der Waals surface area contributed by atoms with E-state index in [1.807, 2.05) is 0 Å². The van der Waals surface area contributed by atoms with E-state index in [2.05, 4.69) is 5.32 Å². The molecule has 2 fully saturated rings. The maximum Gasteiger partial charge on any atom is 0.0502 e. The van der Waals surface area contributed by atoms with Crippen LogP contribution in [0.2, 0.25) is 0 Å². The molecule has 2 rings (SSSR count). The maximum absolute atomic E-state index is 9.19. The first kappa shape index (κ1) is 6.62. The average molecular weight is 141 g/mol. The third-order valence-corrected chi connectivity index (χ3v) is 3.28. The van der Waals surface area contributed by atoms with E-state index in [0.717, 1.165) is 19.0 Å². The van der Waals surface area contributed by atoms with Crippen molar-refractivity contribution in [2.45, 2.75) is 19.3 Å². The zero-order valence-electron chi connectivity index (χ0n) is 6.27. The number of aliphatic hydroxyl groups is 1. The first-order chi connectivity index (χ1) is 4.87. The Morgan fingerprint density at radius 3 is 3.20 bits per heavy atom. The van der Waals surface area contributed by atoms with Crippen molar-refractivity contribution in [3.63, 3.8) is 0 Å². The Morgan fingerprint density at radius 2 is 2.50 bits per heavy atom. The highest BCUT2D eigenvalue weighted by molar-refractivity contribution is 4.98. The summed E-state index contributed by atoms with van der Waals surface area (Å²) in [5, 5.41) is 12.5. The fourth-order valence-corrected chi connectivity index (χ4v) is 2.52. The number of hydrogen-bond donors (Lipinski definition) is 2. The van der Waals surface area contributed by atoms with Gasteiger partial charge in [0.2, 0.25) is 0 Å². The van der Waals surface area contributed by atoms with Crippen molar-refractivity contribution in [3.8, 4) is 0 Å². The molecule has 0 aromatic carbocycles. The lowest BCUT2D eigenvalue weighted by molar-refractivity contribution is 0.120. The molecule has 2 aliphatic rings. The van der Waals surface area contributed by atoms with Gasteiger partial charge in [0.25, 0.3) is 0 Å². The molecule has 0 aromatic rings. The van der Waals surface area contributed by atoms with Gasteiger partial charge in [0.15, 0.2) is 0 Å². The second kappa shape index (κ2) is 2.21. The summed E-state index contributed by atoms with van der Waals surface area (Å²) < 4.78 is 0. The number of aliphatic hydroxyl groups excluding tert-OH is 1. The summed E-state index contributed by atoms with van der Waals surface area (Å²) >= 11 is 0. The zero-order chi connectivity index (χ0) is 7.03. The van der Waals surface area contributed by atoms with Crippen LogP contribution in [0.25, 0.3) is 0 Å². The Bertz CT molecular complexity index is 125. The number of fused-ring (bicyclic) bond motifs is 1. The summed E-state index contributed by atoms with van der Waals surface area (Å²) in [4.78, 5) is 0. The van der Waals surface area contributed by atoms with Crippen LogP contribution in [-0.4, -0.2) is 24.8 Å². The molecule has 10 heavy (non-hydrogen) atoms. The van der Waals surface area contributed by atoms with E-state index in [4.69, 9.17) is 0 Å². The molecule has 1 aliphatic heterocycles. The minimum Gasteiger partial charge on any atom is -0.396 e. The van der Waals surface area contributed by atoms with E-state index in [1.165, 1.54) is 19.3 Å². The van der Waals surface area contributed by atoms with Gasteiger partial charge in [0.1, 0.15) is 0 Å². The summed E-state index contributed by atoms with van der Waals surface area (Å²) in [6, 6.07) is 0. The van der Waals surface area contributed by atoms with E-state index >= 15 is 0 Å². The van der Waals surface area contributed by atoms with E-state index in [0.29, 0.717) is 12.0 Å². The van der Waals surface area contributed by atoms with Crippen LogP contribution in [-0.2, 0) is 0 Å². The normalized spacial score (nSPS) is 45.9. The largest absolute Gasteiger partial charge is 0.396 e. The highest BCUT2D eigenvalue weighted by Crippen LogP contribution is 2.44. The molecule has 2 nitrogen and oxygen atoms in total. The van der Waals surface area contributed by atoms with Crippen LogP contribution in [0, 0.1) is 11.3 Å². The van der Waals surface area contributed by atoms with Gasteiger partial charge in [-0.25, -0.2) is 0 Å². The van der Waals surface area contributed by atoms with Gasteiger partial charge in [-0.2, -0.15) is 0 Å². The fourth-order valence-electron chi connectivity index (χ4n) is 2.52.